The van der Waals surface area contributed by atoms with E-state index in [1.165, 1.54) is 31.4 Å². The van der Waals surface area contributed by atoms with E-state index in [9.17, 15) is 14.9 Å². The molecule has 0 heterocycles. The molecule has 0 fully saturated rings. The van der Waals surface area contributed by atoms with Gasteiger partial charge in [0, 0.05) is 18.2 Å². The molecule has 0 spiro atoms. The van der Waals surface area contributed by atoms with E-state index < -0.39 is 16.9 Å². The van der Waals surface area contributed by atoms with Gasteiger partial charge in [-0.05, 0) is 5.56 Å². The molecule has 0 aromatic heterocycles. The van der Waals surface area contributed by atoms with Gasteiger partial charge in [0.15, 0.2) is 0 Å². The number of hydrogen-bond donors (Lipinski definition) is 1. The van der Waals surface area contributed by atoms with Gasteiger partial charge in [0.25, 0.3) is 5.69 Å². The van der Waals surface area contributed by atoms with Crippen molar-refractivity contribution in [2.45, 2.75) is 12.5 Å². The van der Waals surface area contributed by atoms with Gasteiger partial charge in [-0.2, -0.15) is 0 Å². The van der Waals surface area contributed by atoms with E-state index in [2.05, 4.69) is 4.74 Å². The van der Waals surface area contributed by atoms with Gasteiger partial charge >= 0.3 is 5.97 Å². The Morgan fingerprint density at radius 3 is 2.50 bits per heavy atom. The van der Waals surface area contributed by atoms with Gasteiger partial charge < -0.3 is 10.5 Å². The molecule has 0 saturated carbocycles. The first-order chi connectivity index (χ1) is 7.54. The van der Waals surface area contributed by atoms with E-state index in [4.69, 9.17) is 5.73 Å². The standard InChI is InChI=1S/C10H12N2O4/c1-16-10(13)6-9(11)7-2-4-8(5-3-7)12(14)15/h2-5,9H,6,11H2,1H3/t9-/m1/s1. The van der Waals surface area contributed by atoms with Gasteiger partial charge in [-0.1, -0.05) is 12.1 Å². The maximum Gasteiger partial charge on any atom is 0.307 e. The third-order valence-electron chi connectivity index (χ3n) is 2.15. The molecule has 0 bridgehead atoms. The van der Waals surface area contributed by atoms with Crippen LogP contribution in [0, 0.1) is 10.1 Å². The van der Waals surface area contributed by atoms with Crippen LogP contribution in [-0.2, 0) is 9.53 Å². The smallest absolute Gasteiger partial charge is 0.307 e. The van der Waals surface area contributed by atoms with Crippen LogP contribution in [0.1, 0.15) is 18.0 Å². The number of nitrogens with zero attached hydrogens (tertiary/aromatic N) is 1. The summed E-state index contributed by atoms with van der Waals surface area (Å²) < 4.78 is 4.48. The van der Waals surface area contributed by atoms with Gasteiger partial charge in [-0.25, -0.2) is 0 Å². The van der Waals surface area contributed by atoms with Crippen LogP contribution in [0.25, 0.3) is 0 Å². The third kappa shape index (κ3) is 3.03. The monoisotopic (exact) mass is 224 g/mol. The summed E-state index contributed by atoms with van der Waals surface area (Å²) in [7, 11) is 1.28. The van der Waals surface area contributed by atoms with Crippen molar-refractivity contribution in [3.8, 4) is 0 Å². The Balaban J connectivity index is 2.73. The van der Waals surface area contributed by atoms with Crippen molar-refractivity contribution < 1.29 is 14.5 Å². The van der Waals surface area contributed by atoms with Crippen LogP contribution in [-0.4, -0.2) is 18.0 Å². The highest BCUT2D eigenvalue weighted by Crippen LogP contribution is 2.18. The molecule has 0 aliphatic rings. The summed E-state index contributed by atoms with van der Waals surface area (Å²) in [5.41, 5.74) is 6.38. The zero-order chi connectivity index (χ0) is 12.1. The van der Waals surface area contributed by atoms with Crippen molar-refractivity contribution in [3.63, 3.8) is 0 Å². The number of ether oxygens (including phenoxy) is 1. The lowest BCUT2D eigenvalue weighted by Crippen LogP contribution is -2.16. The number of hydrogen-bond acceptors (Lipinski definition) is 5. The van der Waals surface area contributed by atoms with Gasteiger partial charge in [0.1, 0.15) is 0 Å². The summed E-state index contributed by atoms with van der Waals surface area (Å²) in [5.74, 6) is -0.411. The van der Waals surface area contributed by atoms with Crippen molar-refractivity contribution in [2.24, 2.45) is 5.73 Å². The highest BCUT2D eigenvalue weighted by atomic mass is 16.6. The second-order valence-electron chi connectivity index (χ2n) is 3.24. The zero-order valence-corrected chi connectivity index (χ0v) is 8.75. The zero-order valence-electron chi connectivity index (χ0n) is 8.75. The first-order valence-electron chi connectivity index (χ1n) is 4.61. The summed E-state index contributed by atoms with van der Waals surface area (Å²) >= 11 is 0. The van der Waals surface area contributed by atoms with Crippen LogP contribution in [0.2, 0.25) is 0 Å². The number of non-ortho nitro benzene ring substituents is 1. The number of carbonyl (C=O) groups excluding carboxylic acids is 1. The van der Waals surface area contributed by atoms with Crippen LogP contribution >= 0.6 is 0 Å². The van der Waals surface area contributed by atoms with Gasteiger partial charge in [0.2, 0.25) is 0 Å². The Hall–Kier alpha value is -1.95. The van der Waals surface area contributed by atoms with Gasteiger partial charge in [0.05, 0.1) is 18.5 Å². The number of methoxy groups -OCH3 is 1. The lowest BCUT2D eigenvalue weighted by atomic mass is 10.0. The molecule has 0 aliphatic heterocycles. The fourth-order valence-electron chi connectivity index (χ4n) is 1.22. The average molecular weight is 224 g/mol. The Labute approximate surface area is 92.2 Å². The van der Waals surface area contributed by atoms with E-state index in [0.29, 0.717) is 5.56 Å². The molecule has 0 saturated heterocycles. The van der Waals surface area contributed by atoms with Crippen molar-refractivity contribution in [3.05, 3.63) is 39.9 Å². The van der Waals surface area contributed by atoms with Crippen LogP contribution in [0.4, 0.5) is 5.69 Å². The number of carbonyl (C=O) groups is 1. The largest absolute Gasteiger partial charge is 0.469 e. The molecule has 6 heteroatoms. The number of benzene rings is 1. The van der Waals surface area contributed by atoms with Crippen molar-refractivity contribution >= 4 is 11.7 Å². The van der Waals surface area contributed by atoms with Gasteiger partial charge in [-0.3, -0.25) is 14.9 Å². The minimum atomic E-state index is -0.506. The summed E-state index contributed by atoms with van der Waals surface area (Å²) in [6, 6.07) is 5.27. The van der Waals surface area contributed by atoms with Crippen molar-refractivity contribution in [2.75, 3.05) is 7.11 Å². The summed E-state index contributed by atoms with van der Waals surface area (Å²) in [4.78, 5) is 20.9. The molecule has 1 rings (SSSR count). The maximum absolute atomic E-state index is 11.0. The van der Waals surface area contributed by atoms with Crippen LogP contribution in [0.5, 0.6) is 0 Å². The van der Waals surface area contributed by atoms with Crippen LogP contribution in [0.15, 0.2) is 24.3 Å². The summed E-state index contributed by atoms with van der Waals surface area (Å²) in [6.45, 7) is 0. The SMILES string of the molecule is COC(=O)C[C@@H](N)c1ccc([N+](=O)[O-])cc1. The van der Waals surface area contributed by atoms with Crippen molar-refractivity contribution in [1.29, 1.82) is 0 Å². The molecule has 0 unspecified atom stereocenters. The predicted molar refractivity (Wildman–Crippen MR) is 56.7 cm³/mol. The molecule has 16 heavy (non-hydrogen) atoms. The minimum absolute atomic E-state index is 0.00554. The summed E-state index contributed by atoms with van der Waals surface area (Å²) in [6.07, 6.45) is 0.0499. The van der Waals surface area contributed by atoms with Crippen LogP contribution < -0.4 is 5.73 Å². The Kier molecular flexibility index (Phi) is 3.96. The number of nitro benzene ring substituents is 1. The van der Waals surface area contributed by atoms with E-state index in [0.717, 1.165) is 0 Å². The van der Waals surface area contributed by atoms with E-state index in [1.807, 2.05) is 0 Å². The molecule has 86 valence electrons. The number of nitrogens with two attached hydrogens (primary N) is 1. The molecule has 0 amide bonds. The van der Waals surface area contributed by atoms with E-state index in [1.54, 1.807) is 0 Å². The fourth-order valence-corrected chi connectivity index (χ4v) is 1.22. The molecule has 0 aliphatic carbocycles. The molecular weight excluding hydrogens is 212 g/mol. The summed E-state index contributed by atoms with van der Waals surface area (Å²) in [5, 5.41) is 10.4. The molecule has 0 radical (unpaired) electrons. The quantitative estimate of drug-likeness (QED) is 0.470. The number of esters is 1. The average Bonchev–Trinajstić information content (AvgIpc) is 2.28. The normalized spacial score (nSPS) is 11.9. The minimum Gasteiger partial charge on any atom is -0.469 e. The topological polar surface area (TPSA) is 95.5 Å². The van der Waals surface area contributed by atoms with E-state index in [-0.39, 0.29) is 12.1 Å². The molecule has 1 aromatic rings. The molecular formula is C10H12N2O4. The lowest BCUT2D eigenvalue weighted by Gasteiger charge is -2.09. The number of rotatable bonds is 4. The molecule has 2 N–H and O–H groups in total. The van der Waals surface area contributed by atoms with E-state index >= 15 is 0 Å². The molecule has 6 nitrogen and oxygen atoms in total. The highest BCUT2D eigenvalue weighted by Gasteiger charge is 2.13. The Bertz CT molecular complexity index is 388. The maximum atomic E-state index is 11.0. The van der Waals surface area contributed by atoms with Crippen LogP contribution in [0.3, 0.4) is 0 Å². The number of nitro groups is 1. The third-order valence-corrected chi connectivity index (χ3v) is 2.15. The van der Waals surface area contributed by atoms with Crippen molar-refractivity contribution in [1.82, 2.24) is 0 Å². The second-order valence-corrected chi connectivity index (χ2v) is 3.24. The first-order valence-corrected chi connectivity index (χ1v) is 4.61. The first kappa shape index (κ1) is 12.1. The second kappa shape index (κ2) is 5.22. The van der Waals surface area contributed by atoms with Gasteiger partial charge in [-0.15, -0.1) is 0 Å². The fraction of sp³-hybridized carbons (Fsp3) is 0.300. The molecule has 1 atom stereocenters. The predicted octanol–water partition coefficient (Wildman–Crippen LogP) is 1.16. The highest BCUT2D eigenvalue weighted by molar-refractivity contribution is 5.70. The Morgan fingerprint density at radius 1 is 1.50 bits per heavy atom. The molecule has 1 aromatic carbocycles. The Morgan fingerprint density at radius 2 is 2.06 bits per heavy atom. The lowest BCUT2D eigenvalue weighted by molar-refractivity contribution is -0.384.